The number of hydrogen-bond donors (Lipinski definition) is 1. The Morgan fingerprint density at radius 2 is 2.25 bits per heavy atom. The SMILES string of the molecule is Cc1cc(OCC(=O)N2CCCC2C(=O)O)ccc1Cl. The Bertz CT molecular complexity index is 532. The Morgan fingerprint density at radius 3 is 2.90 bits per heavy atom. The van der Waals surface area contributed by atoms with E-state index in [2.05, 4.69) is 0 Å². The monoisotopic (exact) mass is 297 g/mol. The summed E-state index contributed by atoms with van der Waals surface area (Å²) in [6.07, 6.45) is 1.21. The minimum absolute atomic E-state index is 0.162. The lowest BCUT2D eigenvalue weighted by molar-refractivity contribution is -0.148. The number of carboxylic acids is 1. The van der Waals surface area contributed by atoms with Crippen molar-refractivity contribution in [1.82, 2.24) is 4.90 Å². The zero-order valence-corrected chi connectivity index (χ0v) is 11.9. The Morgan fingerprint density at radius 1 is 1.50 bits per heavy atom. The predicted molar refractivity (Wildman–Crippen MR) is 74.1 cm³/mol. The second-order valence-electron chi connectivity index (χ2n) is 4.78. The molecule has 1 aliphatic heterocycles. The number of hydrogen-bond acceptors (Lipinski definition) is 3. The molecule has 6 heteroatoms. The van der Waals surface area contributed by atoms with Gasteiger partial charge in [0.15, 0.2) is 6.61 Å². The van der Waals surface area contributed by atoms with Gasteiger partial charge in [0.1, 0.15) is 11.8 Å². The van der Waals surface area contributed by atoms with E-state index in [1.807, 2.05) is 6.92 Å². The first kappa shape index (κ1) is 14.7. The predicted octanol–water partition coefficient (Wildman–Crippen LogP) is 2.10. The number of rotatable bonds is 4. The molecule has 108 valence electrons. The van der Waals surface area contributed by atoms with Crippen molar-refractivity contribution in [1.29, 1.82) is 0 Å². The number of aliphatic carboxylic acids is 1. The van der Waals surface area contributed by atoms with Crippen LogP contribution in [0, 0.1) is 6.92 Å². The number of benzene rings is 1. The van der Waals surface area contributed by atoms with Crippen LogP contribution < -0.4 is 4.74 Å². The molecule has 0 bridgehead atoms. The summed E-state index contributed by atoms with van der Waals surface area (Å²) < 4.78 is 5.40. The third-order valence-corrected chi connectivity index (χ3v) is 3.77. The minimum Gasteiger partial charge on any atom is -0.484 e. The molecule has 1 fully saturated rings. The Balaban J connectivity index is 1.94. The molecule has 1 unspecified atom stereocenters. The fraction of sp³-hybridized carbons (Fsp3) is 0.429. The highest BCUT2D eigenvalue weighted by atomic mass is 35.5. The van der Waals surface area contributed by atoms with Crippen LogP contribution in [0.4, 0.5) is 0 Å². The van der Waals surface area contributed by atoms with Crippen molar-refractivity contribution in [3.05, 3.63) is 28.8 Å². The van der Waals surface area contributed by atoms with Crippen molar-refractivity contribution < 1.29 is 19.4 Å². The van der Waals surface area contributed by atoms with Gasteiger partial charge in [-0.05, 0) is 43.5 Å². The molecular weight excluding hydrogens is 282 g/mol. The third kappa shape index (κ3) is 3.22. The summed E-state index contributed by atoms with van der Waals surface area (Å²) in [7, 11) is 0. The van der Waals surface area contributed by atoms with Gasteiger partial charge in [-0.25, -0.2) is 4.79 Å². The lowest BCUT2D eigenvalue weighted by Crippen LogP contribution is -2.42. The first-order valence-electron chi connectivity index (χ1n) is 6.40. The molecule has 1 aromatic carbocycles. The van der Waals surface area contributed by atoms with Crippen LogP contribution >= 0.6 is 11.6 Å². The second kappa shape index (κ2) is 6.13. The molecule has 0 spiro atoms. The largest absolute Gasteiger partial charge is 0.484 e. The molecule has 1 saturated heterocycles. The summed E-state index contributed by atoms with van der Waals surface area (Å²) in [6, 6.07) is 4.40. The van der Waals surface area contributed by atoms with Gasteiger partial charge in [0.25, 0.3) is 5.91 Å². The molecule has 20 heavy (non-hydrogen) atoms. The number of aryl methyl sites for hydroxylation is 1. The highest BCUT2D eigenvalue weighted by molar-refractivity contribution is 6.31. The van der Waals surface area contributed by atoms with Gasteiger partial charge in [-0.15, -0.1) is 0 Å². The molecule has 1 heterocycles. The van der Waals surface area contributed by atoms with Crippen LogP contribution in [0.25, 0.3) is 0 Å². The molecule has 1 atom stereocenters. The molecule has 1 amide bonds. The molecule has 1 N–H and O–H groups in total. The van der Waals surface area contributed by atoms with Gasteiger partial charge < -0.3 is 14.7 Å². The molecule has 1 aliphatic rings. The van der Waals surface area contributed by atoms with Gasteiger partial charge >= 0.3 is 5.97 Å². The lowest BCUT2D eigenvalue weighted by atomic mass is 10.2. The Labute approximate surface area is 122 Å². The average molecular weight is 298 g/mol. The number of carboxylic acid groups (broad SMARTS) is 1. The number of carbonyl (C=O) groups excluding carboxylic acids is 1. The molecule has 0 radical (unpaired) electrons. The standard InChI is InChI=1S/C14H16ClNO4/c1-9-7-10(4-5-11(9)15)20-8-13(17)16-6-2-3-12(16)14(18)19/h4-5,7,12H,2-3,6,8H2,1H3,(H,18,19). The fourth-order valence-electron chi connectivity index (χ4n) is 2.26. The van der Waals surface area contributed by atoms with Crippen LogP contribution in [0.3, 0.4) is 0 Å². The summed E-state index contributed by atoms with van der Waals surface area (Å²) in [5.41, 5.74) is 0.862. The topological polar surface area (TPSA) is 66.8 Å². The van der Waals surface area contributed by atoms with Gasteiger partial charge in [-0.2, -0.15) is 0 Å². The lowest BCUT2D eigenvalue weighted by Gasteiger charge is -2.21. The molecule has 0 aliphatic carbocycles. The van der Waals surface area contributed by atoms with Crippen LogP contribution in [-0.2, 0) is 9.59 Å². The van der Waals surface area contributed by atoms with Crippen molar-refractivity contribution in [2.75, 3.05) is 13.2 Å². The summed E-state index contributed by atoms with van der Waals surface area (Å²) in [4.78, 5) is 24.4. The van der Waals surface area contributed by atoms with Crippen molar-refractivity contribution in [3.8, 4) is 5.75 Å². The maximum absolute atomic E-state index is 12.0. The first-order valence-corrected chi connectivity index (χ1v) is 6.78. The van der Waals surface area contributed by atoms with Crippen molar-refractivity contribution in [3.63, 3.8) is 0 Å². The number of nitrogens with zero attached hydrogens (tertiary/aromatic N) is 1. The molecule has 5 nitrogen and oxygen atoms in total. The number of ether oxygens (including phenoxy) is 1. The van der Waals surface area contributed by atoms with E-state index in [4.69, 9.17) is 21.4 Å². The normalized spacial score (nSPS) is 18.1. The highest BCUT2D eigenvalue weighted by Crippen LogP contribution is 2.22. The first-order chi connectivity index (χ1) is 9.49. The van der Waals surface area contributed by atoms with Crippen LogP contribution in [0.15, 0.2) is 18.2 Å². The van der Waals surface area contributed by atoms with Crippen LogP contribution in [-0.4, -0.2) is 41.1 Å². The number of amides is 1. The minimum atomic E-state index is -0.960. The fourth-order valence-corrected chi connectivity index (χ4v) is 2.37. The highest BCUT2D eigenvalue weighted by Gasteiger charge is 2.33. The smallest absolute Gasteiger partial charge is 0.326 e. The summed E-state index contributed by atoms with van der Waals surface area (Å²) in [5.74, 6) is -0.716. The van der Waals surface area contributed by atoms with E-state index in [9.17, 15) is 9.59 Å². The number of likely N-dealkylation sites (tertiary alicyclic amines) is 1. The van der Waals surface area contributed by atoms with E-state index in [1.54, 1.807) is 18.2 Å². The van der Waals surface area contributed by atoms with E-state index in [0.717, 1.165) is 5.56 Å². The molecule has 0 saturated carbocycles. The van der Waals surface area contributed by atoms with E-state index in [0.29, 0.717) is 30.2 Å². The molecular formula is C14H16ClNO4. The van der Waals surface area contributed by atoms with Crippen LogP contribution in [0.1, 0.15) is 18.4 Å². The summed E-state index contributed by atoms with van der Waals surface area (Å²) in [5, 5.41) is 9.67. The van der Waals surface area contributed by atoms with Gasteiger partial charge in [0, 0.05) is 11.6 Å². The van der Waals surface area contributed by atoms with E-state index in [1.165, 1.54) is 4.90 Å². The van der Waals surface area contributed by atoms with E-state index >= 15 is 0 Å². The van der Waals surface area contributed by atoms with E-state index in [-0.39, 0.29) is 12.5 Å². The van der Waals surface area contributed by atoms with Crippen molar-refractivity contribution in [2.45, 2.75) is 25.8 Å². The van der Waals surface area contributed by atoms with Gasteiger partial charge in [-0.1, -0.05) is 11.6 Å². The van der Waals surface area contributed by atoms with Gasteiger partial charge in [0.2, 0.25) is 0 Å². The van der Waals surface area contributed by atoms with Crippen LogP contribution in [0.5, 0.6) is 5.75 Å². The summed E-state index contributed by atoms with van der Waals surface area (Å²) >= 11 is 5.90. The maximum atomic E-state index is 12.0. The van der Waals surface area contributed by atoms with Gasteiger partial charge in [-0.3, -0.25) is 4.79 Å². The zero-order chi connectivity index (χ0) is 14.7. The maximum Gasteiger partial charge on any atom is 0.326 e. The number of halogens is 1. The zero-order valence-electron chi connectivity index (χ0n) is 11.1. The molecule has 0 aromatic heterocycles. The summed E-state index contributed by atoms with van der Waals surface area (Å²) in [6.45, 7) is 2.15. The Kier molecular flexibility index (Phi) is 4.49. The van der Waals surface area contributed by atoms with E-state index < -0.39 is 12.0 Å². The van der Waals surface area contributed by atoms with Crippen molar-refractivity contribution >= 4 is 23.5 Å². The molecule has 1 aromatic rings. The van der Waals surface area contributed by atoms with Crippen LogP contribution in [0.2, 0.25) is 5.02 Å². The van der Waals surface area contributed by atoms with Gasteiger partial charge in [0.05, 0.1) is 0 Å². The number of carbonyl (C=O) groups is 2. The third-order valence-electron chi connectivity index (χ3n) is 3.35. The average Bonchev–Trinajstić information content (AvgIpc) is 2.89. The molecule has 2 rings (SSSR count). The second-order valence-corrected chi connectivity index (χ2v) is 5.19. The van der Waals surface area contributed by atoms with Crippen molar-refractivity contribution in [2.24, 2.45) is 0 Å². The Hall–Kier alpha value is -1.75. The quantitative estimate of drug-likeness (QED) is 0.924.